The number of rotatable bonds is 4. The summed E-state index contributed by atoms with van der Waals surface area (Å²) >= 11 is 1.02. The molecule has 0 spiro atoms. The van der Waals surface area contributed by atoms with Gasteiger partial charge < -0.3 is 10.4 Å². The lowest BCUT2D eigenvalue weighted by Gasteiger charge is -2.38. The van der Waals surface area contributed by atoms with E-state index in [4.69, 9.17) is 0 Å². The molecule has 1 fully saturated rings. The average Bonchev–Trinajstić information content (AvgIpc) is 2.81. The lowest BCUT2D eigenvalue weighted by atomic mass is 9.78. The molecule has 0 unspecified atom stereocenters. The number of aliphatic hydroxyl groups is 1. The van der Waals surface area contributed by atoms with Crippen LogP contribution in [0.5, 0.6) is 0 Å². The summed E-state index contributed by atoms with van der Waals surface area (Å²) in [5.74, 6) is 0.678. The molecule has 2 rings (SSSR count). The van der Waals surface area contributed by atoms with E-state index in [1.54, 1.807) is 0 Å². The first kappa shape index (κ1) is 13.2. The Labute approximate surface area is 109 Å². The first-order chi connectivity index (χ1) is 8.54. The Kier molecular flexibility index (Phi) is 3.82. The van der Waals surface area contributed by atoms with Crippen LogP contribution in [0.2, 0.25) is 0 Å². The van der Waals surface area contributed by atoms with Crippen LogP contribution < -0.4 is 5.32 Å². The first-order valence-corrected chi connectivity index (χ1v) is 6.85. The number of nitrogens with zero attached hydrogens (tertiary/aromatic N) is 2. The van der Waals surface area contributed by atoms with Gasteiger partial charge in [0, 0.05) is 0 Å². The zero-order valence-corrected chi connectivity index (χ0v) is 11.1. The molecular formula is C11H17N3O3S. The number of nitro groups is 1. The number of hydrogen-bond acceptors (Lipinski definition) is 6. The van der Waals surface area contributed by atoms with Crippen LogP contribution in [0.15, 0.2) is 6.20 Å². The Hall–Kier alpha value is -1.21. The topological polar surface area (TPSA) is 88.3 Å². The highest BCUT2D eigenvalue weighted by Crippen LogP contribution is 2.36. The van der Waals surface area contributed by atoms with Crippen molar-refractivity contribution in [1.29, 1.82) is 0 Å². The lowest BCUT2D eigenvalue weighted by molar-refractivity contribution is -0.380. The minimum Gasteiger partial charge on any atom is -0.394 e. The van der Waals surface area contributed by atoms with Gasteiger partial charge in [0.1, 0.15) is 6.20 Å². The van der Waals surface area contributed by atoms with Gasteiger partial charge in [-0.05, 0) is 42.9 Å². The van der Waals surface area contributed by atoms with Crippen molar-refractivity contribution < 1.29 is 10.0 Å². The number of anilines is 1. The summed E-state index contributed by atoms with van der Waals surface area (Å²) in [4.78, 5) is 14.1. The molecule has 0 aromatic carbocycles. The minimum absolute atomic E-state index is 0.0229. The normalized spacial score (nSPS) is 28.0. The van der Waals surface area contributed by atoms with Crippen molar-refractivity contribution in [3.05, 3.63) is 16.3 Å². The fraction of sp³-hybridized carbons (Fsp3) is 0.727. The maximum Gasteiger partial charge on any atom is 0.345 e. The highest BCUT2D eigenvalue weighted by Gasteiger charge is 2.34. The first-order valence-electron chi connectivity index (χ1n) is 6.04. The van der Waals surface area contributed by atoms with Crippen LogP contribution in [-0.2, 0) is 0 Å². The number of aliphatic hydroxyl groups excluding tert-OH is 1. The van der Waals surface area contributed by atoms with E-state index in [2.05, 4.69) is 17.2 Å². The van der Waals surface area contributed by atoms with Gasteiger partial charge in [-0.2, -0.15) is 0 Å². The van der Waals surface area contributed by atoms with Crippen LogP contribution >= 0.6 is 11.3 Å². The van der Waals surface area contributed by atoms with E-state index in [-0.39, 0.29) is 17.1 Å². The quantitative estimate of drug-likeness (QED) is 0.648. The van der Waals surface area contributed by atoms with Gasteiger partial charge in [0.25, 0.3) is 0 Å². The van der Waals surface area contributed by atoms with Crippen LogP contribution in [0.1, 0.15) is 32.6 Å². The van der Waals surface area contributed by atoms with Gasteiger partial charge in [-0.15, -0.1) is 0 Å². The standard InChI is InChI=1S/C11H17N3O3S/c1-8-2-4-11(7-15,5-3-8)13-10-12-6-9(18-10)14(16)17/h6,8,15H,2-5,7H2,1H3,(H,12,13). The largest absolute Gasteiger partial charge is 0.394 e. The van der Waals surface area contributed by atoms with Gasteiger partial charge in [-0.1, -0.05) is 6.92 Å². The van der Waals surface area contributed by atoms with Gasteiger partial charge >= 0.3 is 5.00 Å². The second-order valence-corrected chi connectivity index (χ2v) is 6.02. The third kappa shape index (κ3) is 2.78. The van der Waals surface area contributed by atoms with Crippen LogP contribution in [0.3, 0.4) is 0 Å². The van der Waals surface area contributed by atoms with Gasteiger partial charge in [-0.25, -0.2) is 4.98 Å². The van der Waals surface area contributed by atoms with E-state index in [1.807, 2.05) is 0 Å². The van der Waals surface area contributed by atoms with Crippen molar-refractivity contribution in [2.45, 2.75) is 38.1 Å². The van der Waals surface area contributed by atoms with Crippen molar-refractivity contribution >= 4 is 21.5 Å². The third-order valence-electron chi connectivity index (χ3n) is 3.58. The Morgan fingerprint density at radius 3 is 2.83 bits per heavy atom. The molecular weight excluding hydrogens is 254 g/mol. The molecule has 0 amide bonds. The number of nitrogens with one attached hydrogen (secondary N) is 1. The van der Waals surface area contributed by atoms with E-state index in [9.17, 15) is 15.2 Å². The van der Waals surface area contributed by atoms with E-state index in [1.165, 1.54) is 6.20 Å². The Bertz CT molecular complexity index is 427. The third-order valence-corrected chi connectivity index (χ3v) is 4.44. The van der Waals surface area contributed by atoms with Gasteiger partial charge in [-0.3, -0.25) is 10.1 Å². The summed E-state index contributed by atoms with van der Waals surface area (Å²) in [6.45, 7) is 2.24. The zero-order chi connectivity index (χ0) is 13.2. The summed E-state index contributed by atoms with van der Waals surface area (Å²) in [6.07, 6.45) is 5.11. The predicted octanol–water partition coefficient (Wildman–Crippen LogP) is 2.40. The summed E-state index contributed by atoms with van der Waals surface area (Å²) in [6, 6.07) is 0. The van der Waals surface area contributed by atoms with Crippen LogP contribution in [0, 0.1) is 16.0 Å². The molecule has 1 saturated carbocycles. The van der Waals surface area contributed by atoms with Crippen molar-refractivity contribution in [3.8, 4) is 0 Å². The molecule has 0 saturated heterocycles. The smallest absolute Gasteiger partial charge is 0.345 e. The Morgan fingerprint density at radius 2 is 2.33 bits per heavy atom. The van der Waals surface area contributed by atoms with Crippen molar-refractivity contribution in [1.82, 2.24) is 4.98 Å². The average molecular weight is 271 g/mol. The predicted molar refractivity (Wildman–Crippen MR) is 69.8 cm³/mol. The molecule has 0 aliphatic heterocycles. The van der Waals surface area contributed by atoms with Gasteiger partial charge in [0.05, 0.1) is 17.1 Å². The summed E-state index contributed by atoms with van der Waals surface area (Å²) in [5, 5.41) is 23.9. The molecule has 0 radical (unpaired) electrons. The maximum atomic E-state index is 10.6. The molecule has 0 bridgehead atoms. The van der Waals surface area contributed by atoms with E-state index < -0.39 is 4.92 Å². The van der Waals surface area contributed by atoms with Crippen molar-refractivity contribution in [2.75, 3.05) is 11.9 Å². The molecule has 1 aliphatic carbocycles. The molecule has 100 valence electrons. The minimum atomic E-state index is -0.447. The van der Waals surface area contributed by atoms with Crippen molar-refractivity contribution in [2.24, 2.45) is 5.92 Å². The van der Waals surface area contributed by atoms with E-state index in [0.717, 1.165) is 37.0 Å². The van der Waals surface area contributed by atoms with E-state index >= 15 is 0 Å². The Balaban J connectivity index is 2.07. The molecule has 1 heterocycles. The summed E-state index contributed by atoms with van der Waals surface area (Å²) in [5.41, 5.74) is -0.363. The van der Waals surface area contributed by atoms with Gasteiger partial charge in [0.15, 0.2) is 5.13 Å². The molecule has 7 heteroatoms. The molecule has 0 atom stereocenters. The second kappa shape index (κ2) is 5.19. The highest BCUT2D eigenvalue weighted by atomic mass is 32.1. The number of hydrogen-bond donors (Lipinski definition) is 2. The lowest BCUT2D eigenvalue weighted by Crippen LogP contribution is -2.45. The second-order valence-electron chi connectivity index (χ2n) is 5.01. The Morgan fingerprint density at radius 1 is 1.67 bits per heavy atom. The molecule has 1 aromatic heterocycles. The van der Waals surface area contributed by atoms with Crippen LogP contribution in [0.25, 0.3) is 0 Å². The summed E-state index contributed by atoms with van der Waals surface area (Å²) in [7, 11) is 0. The molecule has 18 heavy (non-hydrogen) atoms. The SMILES string of the molecule is CC1CCC(CO)(Nc2ncc([N+](=O)[O-])s2)CC1. The van der Waals surface area contributed by atoms with Crippen molar-refractivity contribution in [3.63, 3.8) is 0 Å². The van der Waals surface area contributed by atoms with Crippen LogP contribution in [0.4, 0.5) is 10.1 Å². The van der Waals surface area contributed by atoms with Gasteiger partial charge in [0.2, 0.25) is 0 Å². The highest BCUT2D eigenvalue weighted by molar-refractivity contribution is 7.18. The maximum absolute atomic E-state index is 10.6. The number of thiazole rings is 1. The summed E-state index contributed by atoms with van der Waals surface area (Å²) < 4.78 is 0. The molecule has 1 aliphatic rings. The molecule has 6 nitrogen and oxygen atoms in total. The fourth-order valence-electron chi connectivity index (χ4n) is 2.27. The van der Waals surface area contributed by atoms with E-state index in [0.29, 0.717) is 11.0 Å². The monoisotopic (exact) mass is 271 g/mol. The zero-order valence-electron chi connectivity index (χ0n) is 10.3. The fourth-order valence-corrected chi connectivity index (χ4v) is 3.02. The molecule has 1 aromatic rings. The van der Waals surface area contributed by atoms with Crippen LogP contribution in [-0.4, -0.2) is 27.2 Å². The molecule has 2 N–H and O–H groups in total. The number of aromatic nitrogens is 1.